The van der Waals surface area contributed by atoms with Gasteiger partial charge < -0.3 is 24.3 Å². The third-order valence-electron chi connectivity index (χ3n) is 7.57. The van der Waals surface area contributed by atoms with Crippen LogP contribution in [0, 0.1) is 5.82 Å². The molecule has 13 heteroatoms. The fourth-order valence-corrected chi connectivity index (χ4v) is 6.37. The lowest BCUT2D eigenvalue weighted by molar-refractivity contribution is -0.130. The average molecular weight is 648 g/mol. The SMILES string of the molecule is COc1cc2c(Oc3ccc(NC(=O)NN4C(=O)CSC4c4ccccc4F)cc3)ccnc2cc1OCCCN1CCOCC1. The van der Waals surface area contributed by atoms with Crippen LogP contribution in [-0.4, -0.2) is 79.1 Å². The van der Waals surface area contributed by atoms with Crippen molar-refractivity contribution in [3.63, 3.8) is 0 Å². The zero-order valence-corrected chi connectivity index (χ0v) is 26.1. The number of anilines is 1. The van der Waals surface area contributed by atoms with Gasteiger partial charge in [0.15, 0.2) is 11.5 Å². The van der Waals surface area contributed by atoms with Gasteiger partial charge in [0.25, 0.3) is 5.91 Å². The van der Waals surface area contributed by atoms with Gasteiger partial charge in [0.2, 0.25) is 0 Å². The molecule has 46 heavy (non-hydrogen) atoms. The van der Waals surface area contributed by atoms with Crippen molar-refractivity contribution in [3.8, 4) is 23.0 Å². The van der Waals surface area contributed by atoms with Crippen LogP contribution in [0.1, 0.15) is 17.4 Å². The highest BCUT2D eigenvalue weighted by atomic mass is 32.2. The van der Waals surface area contributed by atoms with Crippen LogP contribution in [0.2, 0.25) is 0 Å². The maximum atomic E-state index is 14.4. The Bertz CT molecular complexity index is 1690. The molecule has 0 radical (unpaired) electrons. The molecular weight excluding hydrogens is 613 g/mol. The number of amides is 3. The van der Waals surface area contributed by atoms with E-state index in [4.69, 9.17) is 18.9 Å². The summed E-state index contributed by atoms with van der Waals surface area (Å²) in [5, 5.41) is 3.95. The maximum Gasteiger partial charge on any atom is 0.338 e. The summed E-state index contributed by atoms with van der Waals surface area (Å²) >= 11 is 1.24. The van der Waals surface area contributed by atoms with Crippen LogP contribution < -0.4 is 25.0 Å². The summed E-state index contributed by atoms with van der Waals surface area (Å²) in [6.45, 7) is 4.93. The normalized spacial score (nSPS) is 16.8. The molecule has 0 bridgehead atoms. The lowest BCUT2D eigenvalue weighted by Gasteiger charge is -2.26. The Kier molecular flexibility index (Phi) is 10.0. The summed E-state index contributed by atoms with van der Waals surface area (Å²) in [4.78, 5) is 32.1. The van der Waals surface area contributed by atoms with Crippen LogP contribution in [0.3, 0.4) is 0 Å². The fourth-order valence-electron chi connectivity index (χ4n) is 5.24. The number of aromatic nitrogens is 1. The lowest BCUT2D eigenvalue weighted by atomic mass is 10.1. The Morgan fingerprint density at radius 3 is 2.65 bits per heavy atom. The van der Waals surface area contributed by atoms with Gasteiger partial charge in [0, 0.05) is 48.5 Å². The molecule has 2 saturated heterocycles. The van der Waals surface area contributed by atoms with Gasteiger partial charge in [-0.3, -0.25) is 14.7 Å². The molecule has 1 atom stereocenters. The number of urea groups is 1. The molecule has 3 aromatic carbocycles. The van der Waals surface area contributed by atoms with Gasteiger partial charge in [-0.25, -0.2) is 19.6 Å². The van der Waals surface area contributed by atoms with Crippen molar-refractivity contribution in [1.82, 2.24) is 20.3 Å². The number of hydrogen-bond donors (Lipinski definition) is 2. The molecular formula is C33H34FN5O6S. The number of hydrazine groups is 1. The molecule has 3 amide bonds. The highest BCUT2D eigenvalue weighted by molar-refractivity contribution is 8.00. The van der Waals surface area contributed by atoms with Gasteiger partial charge in [-0.05, 0) is 48.9 Å². The first-order valence-corrected chi connectivity index (χ1v) is 16.0. The van der Waals surface area contributed by atoms with Crippen molar-refractivity contribution in [2.24, 2.45) is 0 Å². The Labute approximate surface area is 269 Å². The van der Waals surface area contributed by atoms with Gasteiger partial charge in [0.05, 0.1) is 38.2 Å². The van der Waals surface area contributed by atoms with E-state index < -0.39 is 17.2 Å². The third kappa shape index (κ3) is 7.44. The molecule has 0 saturated carbocycles. The van der Waals surface area contributed by atoms with E-state index in [0.717, 1.165) is 49.7 Å². The number of benzene rings is 3. The summed E-state index contributed by atoms with van der Waals surface area (Å²) in [6, 6.07) is 17.8. The summed E-state index contributed by atoms with van der Waals surface area (Å²) < 4.78 is 37.6. The highest BCUT2D eigenvalue weighted by Gasteiger charge is 2.35. The van der Waals surface area contributed by atoms with Crippen LogP contribution in [0.5, 0.6) is 23.0 Å². The number of thioether (sulfide) groups is 1. The quantitative estimate of drug-likeness (QED) is 0.201. The Balaban J connectivity index is 1.07. The molecule has 11 nitrogen and oxygen atoms in total. The summed E-state index contributed by atoms with van der Waals surface area (Å²) in [5.41, 5.74) is 4.05. The zero-order valence-electron chi connectivity index (χ0n) is 25.2. The van der Waals surface area contributed by atoms with E-state index in [1.54, 1.807) is 61.8 Å². The minimum Gasteiger partial charge on any atom is -0.493 e. The molecule has 2 aliphatic rings. The van der Waals surface area contributed by atoms with Crippen LogP contribution in [-0.2, 0) is 9.53 Å². The molecule has 2 N–H and O–H groups in total. The smallest absolute Gasteiger partial charge is 0.338 e. The van der Waals surface area contributed by atoms with Gasteiger partial charge in [-0.1, -0.05) is 18.2 Å². The molecule has 6 rings (SSSR count). The van der Waals surface area contributed by atoms with Crippen LogP contribution in [0.4, 0.5) is 14.9 Å². The third-order valence-corrected chi connectivity index (χ3v) is 8.76. The number of rotatable bonds is 11. The van der Waals surface area contributed by atoms with Crippen molar-refractivity contribution in [2.75, 3.05) is 57.6 Å². The number of morpholine rings is 1. The maximum absolute atomic E-state index is 14.4. The van der Waals surface area contributed by atoms with E-state index in [0.29, 0.717) is 46.4 Å². The second kappa shape index (κ2) is 14.7. The monoisotopic (exact) mass is 647 g/mol. The number of fused-ring (bicyclic) bond motifs is 1. The van der Waals surface area contributed by atoms with E-state index in [9.17, 15) is 14.0 Å². The van der Waals surface area contributed by atoms with Crippen molar-refractivity contribution in [1.29, 1.82) is 0 Å². The predicted molar refractivity (Wildman–Crippen MR) is 173 cm³/mol. The van der Waals surface area contributed by atoms with Crippen LogP contribution >= 0.6 is 11.8 Å². The van der Waals surface area contributed by atoms with E-state index in [-0.39, 0.29) is 11.7 Å². The minimum absolute atomic E-state index is 0.130. The Hall–Kier alpha value is -4.59. The van der Waals surface area contributed by atoms with Crippen LogP contribution in [0.25, 0.3) is 10.9 Å². The highest BCUT2D eigenvalue weighted by Crippen LogP contribution is 2.39. The van der Waals surface area contributed by atoms with Crippen molar-refractivity contribution in [3.05, 3.63) is 84.3 Å². The number of halogens is 1. The Morgan fingerprint density at radius 1 is 1.07 bits per heavy atom. The van der Waals surface area contributed by atoms with Gasteiger partial charge in [-0.15, -0.1) is 11.8 Å². The molecule has 1 unspecified atom stereocenters. The molecule has 1 aromatic heterocycles. The molecule has 0 spiro atoms. The van der Waals surface area contributed by atoms with E-state index in [1.165, 1.54) is 17.8 Å². The standard InChI is InChI=1S/C33H34FN5O6S/c1-42-29-19-25-27(20-30(29)44-16-4-13-38-14-17-43-18-15-38)35-12-11-28(25)45-23-9-7-22(8-10-23)36-33(41)37-39-31(40)21-46-32(39)24-5-2-3-6-26(24)34/h2-3,5-12,19-20,32H,4,13-18,21H2,1H3,(H2,36,37,41). The average Bonchev–Trinajstić information content (AvgIpc) is 3.43. The first-order valence-electron chi connectivity index (χ1n) is 14.9. The predicted octanol–water partition coefficient (Wildman–Crippen LogP) is 5.59. The van der Waals surface area contributed by atoms with Gasteiger partial charge >= 0.3 is 6.03 Å². The van der Waals surface area contributed by atoms with Gasteiger partial charge in [0.1, 0.15) is 22.7 Å². The van der Waals surface area contributed by atoms with E-state index in [1.807, 2.05) is 12.1 Å². The van der Waals surface area contributed by atoms with Gasteiger partial charge in [-0.2, -0.15) is 0 Å². The van der Waals surface area contributed by atoms with Crippen molar-refractivity contribution in [2.45, 2.75) is 11.8 Å². The molecule has 3 heterocycles. The van der Waals surface area contributed by atoms with Crippen molar-refractivity contribution >= 4 is 40.3 Å². The number of pyridine rings is 1. The topological polar surface area (TPSA) is 114 Å². The number of nitrogens with one attached hydrogen (secondary N) is 2. The van der Waals surface area contributed by atoms with Crippen LogP contribution in [0.15, 0.2) is 72.9 Å². The molecule has 240 valence electrons. The number of hydrogen-bond acceptors (Lipinski definition) is 9. The molecule has 0 aliphatic carbocycles. The largest absolute Gasteiger partial charge is 0.493 e. The van der Waals surface area contributed by atoms with Crippen molar-refractivity contribution < 1.29 is 32.9 Å². The number of carbonyl (C=O) groups excluding carboxylic acids is 2. The summed E-state index contributed by atoms with van der Waals surface area (Å²) in [7, 11) is 1.60. The summed E-state index contributed by atoms with van der Waals surface area (Å²) in [5.74, 6) is 1.67. The number of methoxy groups -OCH3 is 1. The van der Waals surface area contributed by atoms with E-state index in [2.05, 4.69) is 20.6 Å². The first kappa shape index (κ1) is 31.4. The minimum atomic E-state index is -0.660. The second-order valence-corrected chi connectivity index (χ2v) is 11.7. The first-order chi connectivity index (χ1) is 22.5. The lowest BCUT2D eigenvalue weighted by Crippen LogP contribution is -2.46. The number of nitrogens with zero attached hydrogens (tertiary/aromatic N) is 3. The number of carbonyl (C=O) groups is 2. The molecule has 2 fully saturated rings. The van der Waals surface area contributed by atoms with E-state index >= 15 is 0 Å². The molecule has 4 aromatic rings. The summed E-state index contributed by atoms with van der Waals surface area (Å²) in [6.07, 6.45) is 2.55. The zero-order chi connectivity index (χ0) is 31.9. The second-order valence-electron chi connectivity index (χ2n) is 10.6. The fraction of sp³-hybridized carbons (Fsp3) is 0.303. The molecule has 2 aliphatic heterocycles. The Morgan fingerprint density at radius 2 is 1.87 bits per heavy atom. The number of ether oxygens (including phenoxy) is 4.